The summed E-state index contributed by atoms with van der Waals surface area (Å²) < 4.78 is 6.35. The molecule has 0 atom stereocenters. The maximum atomic E-state index is 5.89. The predicted molar refractivity (Wildman–Crippen MR) is 72.0 cm³/mol. The van der Waals surface area contributed by atoms with E-state index in [4.69, 9.17) is 15.3 Å². The van der Waals surface area contributed by atoms with E-state index >= 15 is 0 Å². The Hall–Kier alpha value is -0.590. The molecule has 0 aliphatic carbocycles. The van der Waals surface area contributed by atoms with E-state index in [2.05, 4.69) is 21.1 Å². The van der Waals surface area contributed by atoms with Crippen molar-refractivity contribution >= 4 is 33.1 Å². The standard InChI is InChI=1S/C11H15BrN2O2S/c12-10-9(3-6-17-10)7-16-14-11(13)8-1-4-15-5-2-8/h3,6,8H,1-2,4-5,7H2,(H2,13,14). The lowest BCUT2D eigenvalue weighted by Crippen LogP contribution is -2.29. The van der Waals surface area contributed by atoms with E-state index in [-0.39, 0.29) is 0 Å². The molecule has 0 aromatic carbocycles. The van der Waals surface area contributed by atoms with E-state index in [0.717, 1.165) is 35.4 Å². The van der Waals surface area contributed by atoms with Gasteiger partial charge in [-0.05, 0) is 40.2 Å². The molecule has 0 bridgehead atoms. The topological polar surface area (TPSA) is 56.8 Å². The summed E-state index contributed by atoms with van der Waals surface area (Å²) in [6.45, 7) is 1.97. The number of oxime groups is 1. The minimum absolute atomic E-state index is 0.301. The quantitative estimate of drug-likeness (QED) is 0.527. The fourth-order valence-electron chi connectivity index (χ4n) is 1.67. The first-order chi connectivity index (χ1) is 8.27. The van der Waals surface area contributed by atoms with Crippen LogP contribution in [0.4, 0.5) is 0 Å². The van der Waals surface area contributed by atoms with E-state index in [1.165, 1.54) is 0 Å². The lowest BCUT2D eigenvalue weighted by Gasteiger charge is -2.20. The van der Waals surface area contributed by atoms with Crippen molar-refractivity contribution < 1.29 is 9.57 Å². The first-order valence-electron chi connectivity index (χ1n) is 5.52. The van der Waals surface area contributed by atoms with Gasteiger partial charge < -0.3 is 15.3 Å². The highest BCUT2D eigenvalue weighted by Crippen LogP contribution is 2.24. The summed E-state index contributed by atoms with van der Waals surface area (Å²) in [4.78, 5) is 5.27. The second kappa shape index (κ2) is 6.37. The Balaban J connectivity index is 1.81. The molecule has 0 unspecified atom stereocenters. The molecule has 1 aromatic heterocycles. The van der Waals surface area contributed by atoms with Crippen molar-refractivity contribution in [2.45, 2.75) is 19.4 Å². The minimum Gasteiger partial charge on any atom is -0.389 e. The normalized spacial score (nSPS) is 18.3. The van der Waals surface area contributed by atoms with Gasteiger partial charge in [0.2, 0.25) is 0 Å². The number of thiophene rings is 1. The molecule has 17 heavy (non-hydrogen) atoms. The molecule has 4 nitrogen and oxygen atoms in total. The third kappa shape index (κ3) is 3.69. The SMILES string of the molecule is N/C(=N\OCc1ccsc1Br)C1CCOCC1. The smallest absolute Gasteiger partial charge is 0.144 e. The van der Waals surface area contributed by atoms with Gasteiger partial charge in [0.1, 0.15) is 12.4 Å². The number of rotatable bonds is 4. The Morgan fingerprint density at radius 1 is 1.59 bits per heavy atom. The van der Waals surface area contributed by atoms with Crippen LogP contribution in [0.1, 0.15) is 18.4 Å². The molecule has 0 radical (unpaired) electrons. The van der Waals surface area contributed by atoms with E-state index in [1.54, 1.807) is 11.3 Å². The van der Waals surface area contributed by atoms with Crippen molar-refractivity contribution in [3.8, 4) is 0 Å². The second-order valence-electron chi connectivity index (χ2n) is 3.90. The number of nitrogens with two attached hydrogens (primary N) is 1. The number of nitrogens with zero attached hydrogens (tertiary/aromatic N) is 1. The van der Waals surface area contributed by atoms with Crippen LogP contribution >= 0.6 is 27.3 Å². The van der Waals surface area contributed by atoms with E-state index < -0.39 is 0 Å². The van der Waals surface area contributed by atoms with Crippen LogP contribution in [0, 0.1) is 5.92 Å². The number of amidine groups is 1. The van der Waals surface area contributed by atoms with E-state index in [0.29, 0.717) is 18.4 Å². The van der Waals surface area contributed by atoms with Gasteiger partial charge in [0.15, 0.2) is 0 Å². The van der Waals surface area contributed by atoms with Crippen LogP contribution in [0.25, 0.3) is 0 Å². The molecule has 0 saturated carbocycles. The minimum atomic E-state index is 0.301. The molecule has 1 aromatic rings. The van der Waals surface area contributed by atoms with Crippen LogP contribution in [0.5, 0.6) is 0 Å². The van der Waals surface area contributed by atoms with Gasteiger partial charge in [-0.1, -0.05) is 5.16 Å². The van der Waals surface area contributed by atoms with Crippen LogP contribution < -0.4 is 5.73 Å². The molecule has 1 saturated heterocycles. The lowest BCUT2D eigenvalue weighted by atomic mass is 10.00. The summed E-state index contributed by atoms with van der Waals surface area (Å²) in [7, 11) is 0. The van der Waals surface area contributed by atoms with Crippen molar-refractivity contribution in [2.24, 2.45) is 16.8 Å². The zero-order valence-corrected chi connectivity index (χ0v) is 11.8. The highest BCUT2D eigenvalue weighted by molar-refractivity contribution is 9.11. The summed E-state index contributed by atoms with van der Waals surface area (Å²) in [6.07, 6.45) is 1.86. The Bertz CT molecular complexity index is 389. The van der Waals surface area contributed by atoms with Crippen LogP contribution in [0.15, 0.2) is 20.4 Å². The largest absolute Gasteiger partial charge is 0.389 e. The number of hydrogen-bond acceptors (Lipinski definition) is 4. The molecule has 6 heteroatoms. The molecule has 1 aliphatic heterocycles. The van der Waals surface area contributed by atoms with E-state index in [9.17, 15) is 0 Å². The van der Waals surface area contributed by atoms with Crippen LogP contribution in [-0.4, -0.2) is 19.0 Å². The number of halogens is 1. The van der Waals surface area contributed by atoms with Crippen LogP contribution in [0.2, 0.25) is 0 Å². The van der Waals surface area contributed by atoms with Crippen molar-refractivity contribution in [2.75, 3.05) is 13.2 Å². The van der Waals surface area contributed by atoms with E-state index in [1.807, 2.05) is 11.4 Å². The zero-order chi connectivity index (χ0) is 12.1. The van der Waals surface area contributed by atoms with Gasteiger partial charge in [-0.3, -0.25) is 0 Å². The zero-order valence-electron chi connectivity index (χ0n) is 9.39. The fourth-order valence-corrected chi connectivity index (χ4v) is 2.87. The van der Waals surface area contributed by atoms with Gasteiger partial charge in [0.25, 0.3) is 0 Å². The molecule has 0 amide bonds. The number of ether oxygens (including phenoxy) is 1. The maximum absolute atomic E-state index is 5.89. The average Bonchev–Trinajstić information content (AvgIpc) is 2.76. The monoisotopic (exact) mass is 318 g/mol. The molecule has 94 valence electrons. The predicted octanol–water partition coefficient (Wildman–Crippen LogP) is 2.73. The molecule has 1 aliphatic rings. The van der Waals surface area contributed by atoms with Gasteiger partial charge >= 0.3 is 0 Å². The fraction of sp³-hybridized carbons (Fsp3) is 0.545. The van der Waals surface area contributed by atoms with Gasteiger partial charge in [0.05, 0.1) is 3.79 Å². The van der Waals surface area contributed by atoms with Crippen molar-refractivity contribution in [1.82, 2.24) is 0 Å². The summed E-state index contributed by atoms with van der Waals surface area (Å²) in [5.41, 5.74) is 6.98. The van der Waals surface area contributed by atoms with Gasteiger partial charge in [-0.15, -0.1) is 11.3 Å². The Kier molecular flexibility index (Phi) is 4.82. The Labute approximate surface area is 113 Å². The van der Waals surface area contributed by atoms with Gasteiger partial charge in [-0.25, -0.2) is 0 Å². The molecular weight excluding hydrogens is 304 g/mol. The Morgan fingerprint density at radius 3 is 3.00 bits per heavy atom. The molecule has 1 fully saturated rings. The molecule has 2 heterocycles. The Morgan fingerprint density at radius 2 is 2.35 bits per heavy atom. The number of hydrogen-bond donors (Lipinski definition) is 1. The highest BCUT2D eigenvalue weighted by Gasteiger charge is 2.17. The molecular formula is C11H15BrN2O2S. The third-order valence-corrected chi connectivity index (χ3v) is 4.53. The summed E-state index contributed by atoms with van der Waals surface area (Å²) in [6, 6.07) is 2.01. The van der Waals surface area contributed by atoms with Crippen molar-refractivity contribution in [3.05, 3.63) is 20.8 Å². The molecule has 0 spiro atoms. The third-order valence-electron chi connectivity index (χ3n) is 2.72. The molecule has 2 rings (SSSR count). The average molecular weight is 319 g/mol. The highest BCUT2D eigenvalue weighted by atomic mass is 79.9. The summed E-state index contributed by atoms with van der Waals surface area (Å²) >= 11 is 5.08. The maximum Gasteiger partial charge on any atom is 0.144 e. The van der Waals surface area contributed by atoms with Gasteiger partial charge in [0, 0.05) is 24.7 Å². The van der Waals surface area contributed by atoms with Crippen molar-refractivity contribution in [3.63, 3.8) is 0 Å². The van der Waals surface area contributed by atoms with Crippen LogP contribution in [-0.2, 0) is 16.2 Å². The van der Waals surface area contributed by atoms with Gasteiger partial charge in [-0.2, -0.15) is 0 Å². The van der Waals surface area contributed by atoms with Crippen LogP contribution in [0.3, 0.4) is 0 Å². The summed E-state index contributed by atoms with van der Waals surface area (Å²) in [5, 5.41) is 5.99. The summed E-state index contributed by atoms with van der Waals surface area (Å²) in [5.74, 6) is 0.884. The first kappa shape index (κ1) is 12.9. The molecule has 2 N–H and O–H groups in total. The second-order valence-corrected chi connectivity index (χ2v) is 6.13. The first-order valence-corrected chi connectivity index (χ1v) is 7.19. The lowest BCUT2D eigenvalue weighted by molar-refractivity contribution is 0.0789. The van der Waals surface area contributed by atoms with Crippen molar-refractivity contribution in [1.29, 1.82) is 0 Å².